The topological polar surface area (TPSA) is 274 Å². The van der Waals surface area contributed by atoms with Gasteiger partial charge in [-0.05, 0) is 32.1 Å². The van der Waals surface area contributed by atoms with Crippen molar-refractivity contribution in [2.75, 3.05) is 0 Å². The molecule has 0 aromatic carbocycles. The summed E-state index contributed by atoms with van der Waals surface area (Å²) < 4.78 is 392. The molecule has 3 aromatic rings. The monoisotopic (exact) mass is 1410 g/mol. The van der Waals surface area contributed by atoms with Gasteiger partial charge in [0.2, 0.25) is 19.0 Å². The van der Waals surface area contributed by atoms with E-state index in [1.807, 2.05) is 7.05 Å². The molecule has 3 aromatic heterocycles. The molecule has 0 radical (unpaired) electrons. The van der Waals surface area contributed by atoms with Crippen molar-refractivity contribution in [2.45, 2.75) is 150 Å². The van der Waals surface area contributed by atoms with E-state index in [0.29, 0.717) is 4.13 Å². The van der Waals surface area contributed by atoms with Gasteiger partial charge in [0, 0.05) is 0 Å². The predicted octanol–water partition coefficient (Wildman–Crippen LogP) is 9.35. The minimum absolute atomic E-state index is 0.422. The second-order valence-electron chi connectivity index (χ2n) is 16.3. The molecule has 0 amide bonds. The highest BCUT2D eigenvalue weighted by molar-refractivity contribution is 8.14. The van der Waals surface area contributed by atoms with Crippen LogP contribution in [-0.2, 0) is 101 Å². The minimum Gasteiger partial charge on any atom is -0.425 e. The number of imidazole rings is 3. The van der Waals surface area contributed by atoms with Crippen LogP contribution in [0.1, 0.15) is 85.0 Å². The van der Waals surface area contributed by atoms with Crippen LogP contribution < -0.4 is 13.7 Å². The van der Waals surface area contributed by atoms with Crippen LogP contribution in [0.15, 0.2) is 56.2 Å². The van der Waals surface area contributed by atoms with Gasteiger partial charge in [-0.3, -0.25) is 0 Å². The summed E-state index contributed by atoms with van der Waals surface area (Å²) in [7, 11) is -36.0. The Kier molecular flexibility index (Phi) is 32.7. The lowest BCUT2D eigenvalue weighted by Crippen LogP contribution is -2.48. The van der Waals surface area contributed by atoms with Gasteiger partial charge in [0.1, 0.15) is 37.2 Å². The predicted molar refractivity (Wildman–Crippen MR) is 250 cm³/mol. The van der Waals surface area contributed by atoms with Crippen LogP contribution in [0.25, 0.3) is 12.4 Å². The first-order chi connectivity index (χ1) is 37.6. The van der Waals surface area contributed by atoms with Crippen LogP contribution in [0.3, 0.4) is 0 Å². The standard InChI is InChI=1S/2C10H19N2.C8H15N2.C4F10NO4S2.2C2F6NO4S2/c2*1-3-4-5-6-7-12-9-8-11(2)10-12;1-3-4-5-10-7-6-9(2)8-10;5-1(6,7)3(11,12)20(16,17)15-21(18,19)4(13,14)2(8,9)10;2*3-1(4,5)14(10,11)9-15(12,13)2(6,7)8/h2*8-10H,3-7H2,1-2H3;6-8H,3-5H2,1-2H3;;;/q3*+1;3*-1. The van der Waals surface area contributed by atoms with E-state index in [1.165, 1.54) is 77.3 Å². The van der Waals surface area contributed by atoms with Crippen LogP contribution in [0.5, 0.6) is 0 Å². The van der Waals surface area contributed by atoms with Gasteiger partial charge in [-0.15, -0.1) is 0 Å². The Labute approximate surface area is 472 Å². The second kappa shape index (κ2) is 32.8. The fraction of sp³-hybridized carbons (Fsp3) is 0.750. The van der Waals surface area contributed by atoms with Crippen LogP contribution in [0.4, 0.5) is 96.6 Å². The van der Waals surface area contributed by atoms with Crippen molar-refractivity contribution in [2.24, 2.45) is 21.1 Å². The smallest absolute Gasteiger partial charge is 0.425 e. The van der Waals surface area contributed by atoms with Gasteiger partial charge in [0.05, 0.1) is 40.8 Å². The summed E-state index contributed by atoms with van der Waals surface area (Å²) in [6.45, 7) is 10.2. The number of halogens is 22. The molecule has 0 saturated heterocycles. The summed E-state index contributed by atoms with van der Waals surface area (Å²) >= 11 is 0. The highest BCUT2D eigenvalue weighted by Crippen LogP contribution is 2.48. The first kappa shape index (κ1) is 84.9. The zero-order valence-electron chi connectivity index (χ0n) is 44.1. The van der Waals surface area contributed by atoms with E-state index in [0.717, 1.165) is 14.8 Å². The van der Waals surface area contributed by atoms with Crippen LogP contribution in [0.2, 0.25) is 0 Å². The maximum atomic E-state index is 12.3. The molecule has 0 bridgehead atoms. The lowest BCUT2D eigenvalue weighted by Gasteiger charge is -2.31. The number of sulfonamides is 6. The van der Waals surface area contributed by atoms with Crippen molar-refractivity contribution in [1.29, 1.82) is 0 Å². The highest BCUT2D eigenvalue weighted by atomic mass is 32.3. The van der Waals surface area contributed by atoms with Crippen molar-refractivity contribution in [3.05, 3.63) is 68.5 Å². The van der Waals surface area contributed by atoms with Gasteiger partial charge in [0.15, 0.2) is 60.1 Å². The lowest BCUT2D eigenvalue weighted by atomic mass is 10.2. The quantitative estimate of drug-likeness (QED) is 0.0548. The molecule has 3 rings (SSSR count). The molecule has 0 atom stereocenters. The molecule has 0 aliphatic heterocycles. The fourth-order valence-corrected chi connectivity index (χ4v) is 10.4. The zero-order valence-corrected chi connectivity index (χ0v) is 49.0. The number of hydrogen-bond donors (Lipinski definition) is 0. The number of nitrogens with zero attached hydrogens (tertiary/aromatic N) is 9. The Morgan fingerprint density at radius 3 is 0.682 bits per heavy atom. The molecule has 504 valence electrons. The second-order valence-corrected chi connectivity index (χ2v) is 26.7. The minimum atomic E-state index is -7.62. The van der Waals surface area contributed by atoms with E-state index >= 15 is 0 Å². The molecule has 0 aliphatic carbocycles. The maximum Gasteiger partial charge on any atom is 0.480 e. The summed E-state index contributed by atoms with van der Waals surface area (Å²) in [5, 5.41) is -14.0. The highest BCUT2D eigenvalue weighted by Gasteiger charge is 2.68. The summed E-state index contributed by atoms with van der Waals surface area (Å²) in [6.07, 6.45) is 18.2. The summed E-state index contributed by atoms with van der Waals surface area (Å²) in [5.41, 5.74) is -24.8. The van der Waals surface area contributed by atoms with E-state index in [-0.39, 0.29) is 0 Å². The van der Waals surface area contributed by atoms with Gasteiger partial charge in [0.25, 0.3) is 0 Å². The first-order valence-corrected chi connectivity index (χ1v) is 31.1. The number of aromatic nitrogens is 6. The Hall–Kier alpha value is -4.33. The van der Waals surface area contributed by atoms with Crippen molar-refractivity contribution < 1.29 is 161 Å². The van der Waals surface area contributed by atoms with Crippen LogP contribution >= 0.6 is 0 Å². The van der Waals surface area contributed by atoms with E-state index in [4.69, 9.17) is 0 Å². The summed E-state index contributed by atoms with van der Waals surface area (Å²) in [6, 6.07) is 0. The summed E-state index contributed by atoms with van der Waals surface area (Å²) in [5.74, 6) is 0. The molecule has 49 heteroatoms. The van der Waals surface area contributed by atoms with Crippen molar-refractivity contribution in [3.8, 4) is 0 Å². The van der Waals surface area contributed by atoms with Crippen LogP contribution in [0, 0.1) is 0 Å². The Morgan fingerprint density at radius 1 is 0.318 bits per heavy atom. The Bertz CT molecular complexity index is 2900. The van der Waals surface area contributed by atoms with Crippen molar-refractivity contribution >= 4 is 60.1 Å². The maximum absolute atomic E-state index is 12.3. The van der Waals surface area contributed by atoms with E-state index in [2.05, 4.69) is 118 Å². The lowest BCUT2D eigenvalue weighted by molar-refractivity contribution is -0.671. The van der Waals surface area contributed by atoms with E-state index in [9.17, 15) is 147 Å². The van der Waals surface area contributed by atoms with Gasteiger partial charge < -0.3 is 12.4 Å². The Balaban J connectivity index is -0.000000963. The molecule has 0 saturated carbocycles. The van der Waals surface area contributed by atoms with E-state index < -0.39 is 105 Å². The molecule has 0 aliphatic rings. The van der Waals surface area contributed by atoms with Gasteiger partial charge in [-0.2, -0.15) is 96.6 Å². The largest absolute Gasteiger partial charge is 0.480 e. The molecule has 0 N–H and O–H groups in total. The molecule has 3 heterocycles. The molecular formula is C36H53F22N9O12S6. The van der Waals surface area contributed by atoms with Crippen molar-refractivity contribution in [3.63, 3.8) is 0 Å². The number of alkyl halides is 22. The molecule has 0 spiro atoms. The average Bonchev–Trinajstić information content (AvgIpc) is 4.04. The fourth-order valence-electron chi connectivity index (χ4n) is 4.63. The molecule has 85 heavy (non-hydrogen) atoms. The number of hydrogen-bond acceptors (Lipinski definition) is 12. The third-order valence-corrected chi connectivity index (χ3v) is 17.7. The summed E-state index contributed by atoms with van der Waals surface area (Å²) in [4.78, 5) is 0. The van der Waals surface area contributed by atoms with Gasteiger partial charge in [-0.25, -0.2) is 77.9 Å². The van der Waals surface area contributed by atoms with E-state index in [1.54, 1.807) is 0 Å². The molecule has 0 unspecified atom stereocenters. The van der Waals surface area contributed by atoms with Gasteiger partial charge >= 0.3 is 44.9 Å². The normalized spacial score (nSPS) is 13.6. The number of aryl methyl sites for hydroxylation is 6. The molecular weight excluding hydrogens is 1360 g/mol. The average molecular weight is 1410 g/mol. The number of rotatable bonds is 21. The van der Waals surface area contributed by atoms with Crippen LogP contribution in [-0.4, -0.2) is 109 Å². The molecule has 21 nitrogen and oxygen atoms in total. The SMILES string of the molecule is CCCCCCn1cc[n+](C)c1.CCCCCCn1cc[n+](C)c1.CCCCn1cc[n+](C)c1.O=S(=O)([N-]S(=O)(=O)C(F)(F)C(F)(F)F)C(F)(F)C(F)(F)F.O=S(=O)([N-]S(=O)(=O)C(F)(F)F)C(F)(F)F.O=S(=O)([N-]S(=O)(=O)C(F)(F)F)C(F)(F)F. The third kappa shape index (κ3) is 29.0. The number of unbranched alkanes of at least 4 members (excludes halogenated alkanes) is 7. The third-order valence-electron chi connectivity index (χ3n) is 8.85. The van der Waals surface area contributed by atoms with Gasteiger partial charge in [-0.1, -0.05) is 52.9 Å². The zero-order chi connectivity index (χ0) is 68.1. The first-order valence-electron chi connectivity index (χ1n) is 22.5. The molecule has 0 fully saturated rings. The Morgan fingerprint density at radius 2 is 0.518 bits per heavy atom. The van der Waals surface area contributed by atoms with Crippen molar-refractivity contribution in [1.82, 2.24) is 13.7 Å².